The molecule has 2 rings (SSSR count). The highest BCUT2D eigenvalue weighted by Crippen LogP contribution is 2.26. The van der Waals surface area contributed by atoms with E-state index in [2.05, 4.69) is 4.74 Å². The van der Waals surface area contributed by atoms with Crippen LogP contribution in [0.25, 0.3) is 0 Å². The predicted molar refractivity (Wildman–Crippen MR) is 84.2 cm³/mol. The summed E-state index contributed by atoms with van der Waals surface area (Å²) in [5.41, 5.74) is 0.222. The van der Waals surface area contributed by atoms with Gasteiger partial charge in [-0.1, -0.05) is 19.3 Å². The highest BCUT2D eigenvalue weighted by atomic mass is 32.2. The van der Waals surface area contributed by atoms with Crippen LogP contribution in [0, 0.1) is 11.3 Å². The van der Waals surface area contributed by atoms with E-state index in [1.165, 1.54) is 28.6 Å². The average molecular weight is 336 g/mol. The lowest BCUT2D eigenvalue weighted by atomic mass is 9.96. The summed E-state index contributed by atoms with van der Waals surface area (Å²) in [6.07, 6.45) is 5.02. The summed E-state index contributed by atoms with van der Waals surface area (Å²) in [7, 11) is -1.96. The molecule has 0 atom stereocenters. The van der Waals surface area contributed by atoms with E-state index in [1.807, 2.05) is 0 Å². The molecule has 0 heterocycles. The van der Waals surface area contributed by atoms with Crippen LogP contribution < -0.4 is 0 Å². The zero-order valence-electron chi connectivity index (χ0n) is 13.1. The number of hydrogen-bond acceptors (Lipinski definition) is 5. The summed E-state index contributed by atoms with van der Waals surface area (Å²) in [5.74, 6) is -0.642. The van der Waals surface area contributed by atoms with Crippen LogP contribution in [0.1, 0.15) is 42.5 Å². The van der Waals surface area contributed by atoms with Gasteiger partial charge < -0.3 is 4.74 Å². The second kappa shape index (κ2) is 7.57. The third kappa shape index (κ3) is 4.09. The van der Waals surface area contributed by atoms with Gasteiger partial charge in [-0.25, -0.2) is 13.2 Å². The van der Waals surface area contributed by atoms with Crippen LogP contribution in [-0.4, -0.2) is 38.4 Å². The topological polar surface area (TPSA) is 87.5 Å². The minimum atomic E-state index is -3.57. The Morgan fingerprint density at radius 1 is 1.26 bits per heavy atom. The SMILES string of the molecule is CN(C1CCCCC1)S(=O)(=O)c1ccc(C(=O)OCC#N)cc1. The lowest BCUT2D eigenvalue weighted by Gasteiger charge is -2.30. The summed E-state index contributed by atoms with van der Waals surface area (Å²) >= 11 is 0. The van der Waals surface area contributed by atoms with Crippen LogP contribution in [0.4, 0.5) is 0 Å². The van der Waals surface area contributed by atoms with Crippen LogP contribution in [0.2, 0.25) is 0 Å². The van der Waals surface area contributed by atoms with E-state index in [9.17, 15) is 13.2 Å². The lowest BCUT2D eigenvalue weighted by Crippen LogP contribution is -2.38. The molecule has 0 radical (unpaired) electrons. The maximum absolute atomic E-state index is 12.7. The minimum absolute atomic E-state index is 0.0361. The van der Waals surface area contributed by atoms with Gasteiger partial charge in [-0.3, -0.25) is 0 Å². The van der Waals surface area contributed by atoms with E-state index in [0.717, 1.165) is 32.1 Å². The third-order valence-corrected chi connectivity index (χ3v) is 6.05. The number of rotatable bonds is 5. The van der Waals surface area contributed by atoms with Gasteiger partial charge in [0, 0.05) is 13.1 Å². The van der Waals surface area contributed by atoms with E-state index < -0.39 is 16.0 Å². The smallest absolute Gasteiger partial charge is 0.339 e. The van der Waals surface area contributed by atoms with Crippen molar-refractivity contribution in [2.24, 2.45) is 0 Å². The number of nitrogens with zero attached hydrogens (tertiary/aromatic N) is 2. The maximum Gasteiger partial charge on any atom is 0.339 e. The minimum Gasteiger partial charge on any atom is -0.447 e. The van der Waals surface area contributed by atoms with Gasteiger partial charge in [0.1, 0.15) is 6.07 Å². The Morgan fingerprint density at radius 2 is 1.87 bits per heavy atom. The Morgan fingerprint density at radius 3 is 2.43 bits per heavy atom. The number of esters is 1. The first-order chi connectivity index (χ1) is 11.0. The van der Waals surface area contributed by atoms with Crippen LogP contribution in [0.5, 0.6) is 0 Å². The molecule has 1 saturated carbocycles. The fourth-order valence-corrected chi connectivity index (χ4v) is 4.17. The van der Waals surface area contributed by atoms with Gasteiger partial charge >= 0.3 is 5.97 Å². The van der Waals surface area contributed by atoms with Crippen molar-refractivity contribution in [1.29, 1.82) is 5.26 Å². The molecular formula is C16H20N2O4S. The molecule has 124 valence electrons. The molecule has 7 heteroatoms. The molecule has 1 aliphatic rings. The molecule has 0 unspecified atom stereocenters. The van der Waals surface area contributed by atoms with Crippen molar-refractivity contribution in [2.75, 3.05) is 13.7 Å². The third-order valence-electron chi connectivity index (χ3n) is 4.12. The Kier molecular flexibility index (Phi) is 5.74. The van der Waals surface area contributed by atoms with E-state index in [1.54, 1.807) is 13.1 Å². The first kappa shape index (κ1) is 17.4. The molecule has 0 aliphatic heterocycles. The van der Waals surface area contributed by atoms with Crippen molar-refractivity contribution in [3.05, 3.63) is 29.8 Å². The summed E-state index contributed by atoms with van der Waals surface area (Å²) in [6.45, 7) is -0.330. The largest absolute Gasteiger partial charge is 0.447 e. The zero-order chi connectivity index (χ0) is 16.9. The number of carbonyl (C=O) groups is 1. The fraction of sp³-hybridized carbons (Fsp3) is 0.500. The van der Waals surface area contributed by atoms with E-state index >= 15 is 0 Å². The maximum atomic E-state index is 12.7. The van der Waals surface area contributed by atoms with Gasteiger partial charge in [-0.15, -0.1) is 0 Å². The van der Waals surface area contributed by atoms with Gasteiger partial charge in [0.2, 0.25) is 10.0 Å². The summed E-state index contributed by atoms with van der Waals surface area (Å²) < 4.78 is 31.4. The highest BCUT2D eigenvalue weighted by molar-refractivity contribution is 7.89. The first-order valence-corrected chi connectivity index (χ1v) is 9.03. The van der Waals surface area contributed by atoms with Gasteiger partial charge in [-0.2, -0.15) is 9.57 Å². The number of benzene rings is 1. The second-order valence-corrected chi connectivity index (χ2v) is 7.57. The molecule has 1 fully saturated rings. The number of carbonyl (C=O) groups excluding carboxylic acids is 1. The van der Waals surface area contributed by atoms with Crippen molar-refractivity contribution in [2.45, 2.75) is 43.0 Å². The number of ether oxygens (including phenoxy) is 1. The predicted octanol–water partition coefficient (Wildman–Crippen LogP) is 2.32. The van der Waals surface area contributed by atoms with Gasteiger partial charge in [0.05, 0.1) is 10.5 Å². The normalized spacial score (nSPS) is 16.0. The van der Waals surface area contributed by atoms with Crippen molar-refractivity contribution in [3.8, 4) is 6.07 Å². The summed E-state index contributed by atoms with van der Waals surface area (Å²) in [4.78, 5) is 11.8. The molecule has 1 aliphatic carbocycles. The molecule has 0 bridgehead atoms. The molecule has 1 aromatic carbocycles. The molecule has 0 aromatic heterocycles. The van der Waals surface area contributed by atoms with Crippen LogP contribution in [0.15, 0.2) is 29.2 Å². The van der Waals surface area contributed by atoms with Crippen molar-refractivity contribution >= 4 is 16.0 Å². The van der Waals surface area contributed by atoms with Crippen LogP contribution >= 0.6 is 0 Å². The van der Waals surface area contributed by atoms with E-state index in [0.29, 0.717) is 0 Å². The lowest BCUT2D eigenvalue weighted by molar-refractivity contribution is 0.0555. The molecule has 0 amide bonds. The molecular weight excluding hydrogens is 316 g/mol. The van der Waals surface area contributed by atoms with Gasteiger partial charge in [-0.05, 0) is 37.1 Å². The van der Waals surface area contributed by atoms with Crippen LogP contribution in [0.3, 0.4) is 0 Å². The molecule has 6 nitrogen and oxygen atoms in total. The van der Waals surface area contributed by atoms with Gasteiger partial charge in [0.15, 0.2) is 6.61 Å². The molecule has 1 aromatic rings. The summed E-state index contributed by atoms with van der Waals surface area (Å²) in [6, 6.07) is 7.35. The van der Waals surface area contributed by atoms with Crippen molar-refractivity contribution < 1.29 is 17.9 Å². The summed E-state index contributed by atoms with van der Waals surface area (Å²) in [5, 5.41) is 8.39. The van der Waals surface area contributed by atoms with Crippen molar-refractivity contribution in [3.63, 3.8) is 0 Å². The number of nitriles is 1. The van der Waals surface area contributed by atoms with E-state index in [4.69, 9.17) is 5.26 Å². The Balaban J connectivity index is 2.13. The molecule has 0 N–H and O–H groups in total. The Labute approximate surface area is 136 Å². The van der Waals surface area contributed by atoms with E-state index in [-0.39, 0.29) is 23.1 Å². The van der Waals surface area contributed by atoms with Crippen LogP contribution in [-0.2, 0) is 14.8 Å². The standard InChI is InChI=1S/C16H20N2O4S/c1-18(14-5-3-2-4-6-14)23(20,21)15-9-7-13(8-10-15)16(19)22-12-11-17/h7-10,14H,2-6,12H2,1H3. The Hall–Kier alpha value is -1.91. The van der Waals surface area contributed by atoms with Gasteiger partial charge in [0.25, 0.3) is 0 Å². The number of sulfonamides is 1. The monoisotopic (exact) mass is 336 g/mol. The molecule has 23 heavy (non-hydrogen) atoms. The zero-order valence-corrected chi connectivity index (χ0v) is 13.9. The first-order valence-electron chi connectivity index (χ1n) is 7.59. The van der Waals surface area contributed by atoms with Crippen molar-refractivity contribution in [1.82, 2.24) is 4.31 Å². The Bertz CT molecular complexity index is 686. The molecule has 0 saturated heterocycles. The molecule has 0 spiro atoms. The quantitative estimate of drug-likeness (QED) is 0.770. The number of hydrogen-bond donors (Lipinski definition) is 0. The highest BCUT2D eigenvalue weighted by Gasteiger charge is 2.29. The fourth-order valence-electron chi connectivity index (χ4n) is 2.75. The average Bonchev–Trinajstić information content (AvgIpc) is 2.59. The second-order valence-electron chi connectivity index (χ2n) is 5.57.